The number of nitrogens with zero attached hydrogens (tertiary/aromatic N) is 2. The van der Waals surface area contributed by atoms with Crippen molar-refractivity contribution in [3.8, 4) is 11.5 Å². The van der Waals surface area contributed by atoms with Crippen LogP contribution in [0.2, 0.25) is 0 Å². The van der Waals surface area contributed by atoms with Crippen molar-refractivity contribution in [3.05, 3.63) is 23.4 Å². The molecule has 2 fully saturated rings. The van der Waals surface area contributed by atoms with E-state index < -0.39 is 0 Å². The summed E-state index contributed by atoms with van der Waals surface area (Å²) in [4.78, 5) is 7.57. The first kappa shape index (κ1) is 22.7. The van der Waals surface area contributed by atoms with Crippen LogP contribution < -0.4 is 14.8 Å². The number of hydrogen-bond donors (Lipinski definition) is 1. The van der Waals surface area contributed by atoms with Crippen molar-refractivity contribution < 1.29 is 18.9 Å². The lowest BCUT2D eigenvalue weighted by molar-refractivity contribution is -0.0818. The summed E-state index contributed by atoms with van der Waals surface area (Å²) in [7, 11) is 1.71. The molecule has 1 aromatic heterocycles. The van der Waals surface area contributed by atoms with E-state index in [1.165, 1.54) is 37.2 Å². The van der Waals surface area contributed by atoms with Crippen molar-refractivity contribution in [1.82, 2.24) is 9.88 Å². The van der Waals surface area contributed by atoms with Crippen LogP contribution in [0.4, 0.5) is 5.69 Å². The first-order valence-electron chi connectivity index (χ1n) is 12.5. The van der Waals surface area contributed by atoms with Gasteiger partial charge in [0, 0.05) is 35.9 Å². The topological polar surface area (TPSA) is 65.1 Å². The summed E-state index contributed by atoms with van der Waals surface area (Å²) in [6, 6.07) is 4.14. The van der Waals surface area contributed by atoms with Crippen LogP contribution in [-0.2, 0) is 22.3 Å². The number of anilines is 1. The summed E-state index contributed by atoms with van der Waals surface area (Å²) < 4.78 is 23.4. The Bertz CT molecular complexity index is 954. The van der Waals surface area contributed by atoms with E-state index in [9.17, 15) is 0 Å². The van der Waals surface area contributed by atoms with Gasteiger partial charge >= 0.3 is 0 Å². The third kappa shape index (κ3) is 5.20. The molecule has 180 valence electrons. The molecule has 2 saturated heterocycles. The van der Waals surface area contributed by atoms with Gasteiger partial charge in [-0.25, -0.2) is 0 Å². The summed E-state index contributed by atoms with van der Waals surface area (Å²) in [6.45, 7) is 9.21. The molecular formula is C26H37N3O4. The van der Waals surface area contributed by atoms with Gasteiger partial charge in [-0.1, -0.05) is 6.92 Å². The fourth-order valence-electron chi connectivity index (χ4n) is 5.32. The highest BCUT2D eigenvalue weighted by atomic mass is 16.6. The van der Waals surface area contributed by atoms with Gasteiger partial charge in [-0.05, 0) is 62.7 Å². The van der Waals surface area contributed by atoms with Crippen LogP contribution in [0.5, 0.6) is 11.5 Å². The number of pyridine rings is 1. The lowest BCUT2D eigenvalue weighted by Crippen LogP contribution is -2.34. The number of likely N-dealkylation sites (tertiary alicyclic amines) is 1. The summed E-state index contributed by atoms with van der Waals surface area (Å²) in [5, 5.41) is 4.77. The summed E-state index contributed by atoms with van der Waals surface area (Å²) >= 11 is 0. The Morgan fingerprint density at radius 1 is 1.15 bits per heavy atom. The largest absolute Gasteiger partial charge is 0.493 e. The van der Waals surface area contributed by atoms with E-state index in [1.807, 2.05) is 0 Å². The van der Waals surface area contributed by atoms with Crippen molar-refractivity contribution in [2.75, 3.05) is 65.0 Å². The van der Waals surface area contributed by atoms with Gasteiger partial charge in [-0.15, -0.1) is 0 Å². The minimum absolute atomic E-state index is 0.0663. The molecule has 33 heavy (non-hydrogen) atoms. The van der Waals surface area contributed by atoms with Gasteiger partial charge in [0.1, 0.15) is 0 Å². The van der Waals surface area contributed by atoms with Crippen molar-refractivity contribution in [3.63, 3.8) is 0 Å². The van der Waals surface area contributed by atoms with Crippen LogP contribution in [0.15, 0.2) is 12.1 Å². The Hall–Kier alpha value is -2.09. The first-order chi connectivity index (χ1) is 16.2. The summed E-state index contributed by atoms with van der Waals surface area (Å²) in [6.07, 6.45) is 5.79. The maximum absolute atomic E-state index is 6.18. The Kier molecular flexibility index (Phi) is 7.19. The van der Waals surface area contributed by atoms with Crippen molar-refractivity contribution in [2.45, 2.75) is 45.1 Å². The highest BCUT2D eigenvalue weighted by molar-refractivity contribution is 5.96. The second-order valence-electron chi connectivity index (χ2n) is 9.65. The molecule has 1 N–H and O–H groups in total. The van der Waals surface area contributed by atoms with Gasteiger partial charge in [0.05, 0.1) is 45.2 Å². The Morgan fingerprint density at radius 3 is 2.82 bits per heavy atom. The van der Waals surface area contributed by atoms with Gasteiger partial charge in [-0.3, -0.25) is 4.98 Å². The maximum Gasteiger partial charge on any atom is 0.163 e. The number of ether oxygens (including phenoxy) is 4. The number of fused-ring (bicyclic) bond motifs is 2. The smallest absolute Gasteiger partial charge is 0.163 e. The van der Waals surface area contributed by atoms with Gasteiger partial charge in [0.15, 0.2) is 11.5 Å². The lowest BCUT2D eigenvalue weighted by Gasteiger charge is -2.25. The van der Waals surface area contributed by atoms with Gasteiger partial charge in [0.25, 0.3) is 0 Å². The molecule has 3 aliphatic rings. The quantitative estimate of drug-likeness (QED) is 0.579. The zero-order valence-electron chi connectivity index (χ0n) is 20.0. The number of hydrogen-bond acceptors (Lipinski definition) is 7. The van der Waals surface area contributed by atoms with E-state index in [-0.39, 0.29) is 6.10 Å². The molecule has 2 aromatic rings. The van der Waals surface area contributed by atoms with Gasteiger partial charge in [0.2, 0.25) is 0 Å². The lowest BCUT2D eigenvalue weighted by atomic mass is 10.0. The molecule has 0 spiro atoms. The Morgan fingerprint density at radius 2 is 2.03 bits per heavy atom. The first-order valence-corrected chi connectivity index (χ1v) is 12.5. The van der Waals surface area contributed by atoms with E-state index in [0.29, 0.717) is 32.3 Å². The number of benzene rings is 1. The van der Waals surface area contributed by atoms with Crippen LogP contribution in [0, 0.1) is 5.92 Å². The highest BCUT2D eigenvalue weighted by Crippen LogP contribution is 2.40. The zero-order valence-corrected chi connectivity index (χ0v) is 20.0. The van der Waals surface area contributed by atoms with Gasteiger partial charge in [-0.2, -0.15) is 0 Å². The van der Waals surface area contributed by atoms with E-state index in [2.05, 4.69) is 29.3 Å². The standard InChI is InChI=1S/C26H37N3O4/c1-18-12-20-22(13-18)28-23-15-25(33-9-5-8-29-6-3-4-7-29)24(30-2)14-21(23)26(20)27-16-19-17-31-10-11-32-19/h14-15,18-19H,3-13,16-17H2,1-2H3,(H,27,28)/t18?,19-/m1/s1. The fourth-order valence-corrected chi connectivity index (χ4v) is 5.32. The van der Waals surface area contributed by atoms with Gasteiger partial charge < -0.3 is 29.2 Å². The van der Waals surface area contributed by atoms with Crippen molar-refractivity contribution in [1.29, 1.82) is 0 Å². The molecule has 7 nitrogen and oxygen atoms in total. The zero-order chi connectivity index (χ0) is 22.6. The molecule has 2 atom stereocenters. The number of aromatic nitrogens is 1. The molecule has 5 rings (SSSR count). The summed E-state index contributed by atoms with van der Waals surface area (Å²) in [5.74, 6) is 2.14. The average molecular weight is 456 g/mol. The van der Waals surface area contributed by atoms with Crippen LogP contribution in [0.25, 0.3) is 10.9 Å². The molecule has 0 saturated carbocycles. The predicted octanol–water partition coefficient (Wildman–Crippen LogP) is 3.67. The number of methoxy groups -OCH3 is 1. The average Bonchev–Trinajstić information content (AvgIpc) is 3.48. The summed E-state index contributed by atoms with van der Waals surface area (Å²) in [5.41, 5.74) is 4.64. The van der Waals surface area contributed by atoms with E-state index >= 15 is 0 Å². The van der Waals surface area contributed by atoms with Crippen molar-refractivity contribution >= 4 is 16.6 Å². The predicted molar refractivity (Wildman–Crippen MR) is 130 cm³/mol. The molecule has 1 unspecified atom stereocenters. The molecule has 0 amide bonds. The van der Waals surface area contributed by atoms with Crippen LogP contribution in [0.1, 0.15) is 37.4 Å². The molecular weight excluding hydrogens is 418 g/mol. The second-order valence-corrected chi connectivity index (χ2v) is 9.65. The minimum Gasteiger partial charge on any atom is -0.493 e. The molecule has 7 heteroatoms. The molecule has 3 heterocycles. The molecule has 0 bridgehead atoms. The Labute approximate surface area is 196 Å². The third-order valence-electron chi connectivity index (χ3n) is 7.02. The maximum atomic E-state index is 6.18. The third-order valence-corrected chi connectivity index (χ3v) is 7.02. The highest BCUT2D eigenvalue weighted by Gasteiger charge is 2.26. The Balaban J connectivity index is 1.37. The number of nitrogens with one attached hydrogen (secondary N) is 1. The van der Waals surface area contributed by atoms with Crippen LogP contribution in [0.3, 0.4) is 0 Å². The monoisotopic (exact) mass is 455 g/mol. The van der Waals surface area contributed by atoms with E-state index in [4.69, 9.17) is 23.9 Å². The number of rotatable bonds is 9. The normalized spacial score (nSPS) is 23.1. The fraction of sp³-hybridized carbons (Fsp3) is 0.654. The van der Waals surface area contributed by atoms with E-state index in [0.717, 1.165) is 60.4 Å². The van der Waals surface area contributed by atoms with E-state index in [1.54, 1.807) is 7.11 Å². The minimum atomic E-state index is 0.0663. The second kappa shape index (κ2) is 10.5. The molecule has 1 aromatic carbocycles. The van der Waals surface area contributed by atoms with Crippen molar-refractivity contribution in [2.24, 2.45) is 5.92 Å². The molecule has 0 radical (unpaired) electrons. The van der Waals surface area contributed by atoms with Crippen LogP contribution >= 0.6 is 0 Å². The molecule has 1 aliphatic carbocycles. The van der Waals surface area contributed by atoms with Crippen LogP contribution in [-0.4, -0.2) is 75.7 Å². The molecule has 2 aliphatic heterocycles. The SMILES string of the molecule is COc1cc2c(NC[C@@H]3COCCO3)c3c(nc2cc1OCCCN1CCCC1)CC(C)C3.